The lowest BCUT2D eigenvalue weighted by Gasteiger charge is -2.26. The van der Waals surface area contributed by atoms with Gasteiger partial charge in [-0.2, -0.15) is 0 Å². The molecule has 0 aromatic heterocycles. The molecule has 1 saturated heterocycles. The maximum atomic E-state index is 12.2. The lowest BCUT2D eigenvalue weighted by atomic mass is 9.99. The average molecular weight is 277 g/mol. The Kier molecular flexibility index (Phi) is 5.15. The van der Waals surface area contributed by atoms with Gasteiger partial charge in [0.05, 0.1) is 12.1 Å². The third-order valence-corrected chi connectivity index (χ3v) is 4.10. The molecule has 20 heavy (non-hydrogen) atoms. The van der Waals surface area contributed by atoms with E-state index in [2.05, 4.69) is 0 Å². The number of methoxy groups -OCH3 is 1. The first-order valence-corrected chi connectivity index (χ1v) is 7.15. The number of likely N-dealkylation sites (tertiary alicyclic amines) is 1. The zero-order valence-electron chi connectivity index (χ0n) is 12.2. The number of amides is 1. The summed E-state index contributed by atoms with van der Waals surface area (Å²) in [7, 11) is 1.62. The lowest BCUT2D eigenvalue weighted by Crippen LogP contribution is -2.30. The molecule has 1 aliphatic heterocycles. The van der Waals surface area contributed by atoms with Crippen LogP contribution in [0.15, 0.2) is 30.3 Å². The second kappa shape index (κ2) is 6.86. The van der Waals surface area contributed by atoms with Crippen molar-refractivity contribution in [1.29, 1.82) is 0 Å². The summed E-state index contributed by atoms with van der Waals surface area (Å²) in [5.74, 6) is 0.145. The predicted octanol–water partition coefficient (Wildman–Crippen LogP) is 1.99. The Balaban J connectivity index is 1.99. The minimum atomic E-state index is -0.466. The standard InChI is InChI=1S/C16H23NO3/c1-12(13-6-4-3-5-7-13)17-11-14(10-16(17)19)15(18)8-9-20-2/h3-7,12,14-15,18H,8-11H2,1-2H3. The number of rotatable bonds is 6. The zero-order valence-corrected chi connectivity index (χ0v) is 12.2. The third kappa shape index (κ3) is 3.38. The molecule has 0 radical (unpaired) electrons. The Hall–Kier alpha value is -1.39. The maximum Gasteiger partial charge on any atom is 0.223 e. The van der Waals surface area contributed by atoms with Gasteiger partial charge in [0.15, 0.2) is 0 Å². The highest BCUT2D eigenvalue weighted by Crippen LogP contribution is 2.30. The van der Waals surface area contributed by atoms with E-state index in [0.717, 1.165) is 5.56 Å². The quantitative estimate of drug-likeness (QED) is 0.865. The highest BCUT2D eigenvalue weighted by molar-refractivity contribution is 5.79. The van der Waals surface area contributed by atoms with Gasteiger partial charge in [0, 0.05) is 32.6 Å². The number of carbonyl (C=O) groups is 1. The summed E-state index contributed by atoms with van der Waals surface area (Å²) < 4.78 is 4.98. The van der Waals surface area contributed by atoms with Crippen LogP contribution in [0.25, 0.3) is 0 Å². The van der Waals surface area contributed by atoms with Crippen LogP contribution >= 0.6 is 0 Å². The molecule has 1 fully saturated rings. The molecule has 1 heterocycles. The van der Waals surface area contributed by atoms with E-state index >= 15 is 0 Å². The second-order valence-electron chi connectivity index (χ2n) is 5.45. The summed E-state index contributed by atoms with van der Waals surface area (Å²) in [5, 5.41) is 10.1. The van der Waals surface area contributed by atoms with Gasteiger partial charge in [-0.3, -0.25) is 4.79 Å². The van der Waals surface area contributed by atoms with E-state index in [4.69, 9.17) is 4.74 Å². The number of carbonyl (C=O) groups excluding carboxylic acids is 1. The largest absolute Gasteiger partial charge is 0.393 e. The molecule has 2 rings (SSSR count). The Morgan fingerprint density at radius 3 is 2.75 bits per heavy atom. The molecule has 0 saturated carbocycles. The highest BCUT2D eigenvalue weighted by Gasteiger charge is 2.36. The van der Waals surface area contributed by atoms with Gasteiger partial charge in [0.2, 0.25) is 5.91 Å². The lowest BCUT2D eigenvalue weighted by molar-refractivity contribution is -0.129. The van der Waals surface area contributed by atoms with Crippen LogP contribution in [0.4, 0.5) is 0 Å². The monoisotopic (exact) mass is 277 g/mol. The summed E-state index contributed by atoms with van der Waals surface area (Å²) >= 11 is 0. The van der Waals surface area contributed by atoms with Crippen LogP contribution in [0, 0.1) is 5.92 Å². The maximum absolute atomic E-state index is 12.2. The topological polar surface area (TPSA) is 49.8 Å². The molecular formula is C16H23NO3. The van der Waals surface area contributed by atoms with Gasteiger partial charge in [-0.05, 0) is 18.9 Å². The van der Waals surface area contributed by atoms with Crippen molar-refractivity contribution in [1.82, 2.24) is 4.90 Å². The fourth-order valence-electron chi connectivity index (χ4n) is 2.78. The van der Waals surface area contributed by atoms with Crippen LogP contribution in [-0.4, -0.2) is 42.3 Å². The number of nitrogens with zero attached hydrogens (tertiary/aromatic N) is 1. The van der Waals surface area contributed by atoms with E-state index in [0.29, 0.717) is 26.0 Å². The van der Waals surface area contributed by atoms with E-state index in [9.17, 15) is 9.90 Å². The first kappa shape index (κ1) is 15.0. The fourth-order valence-corrected chi connectivity index (χ4v) is 2.78. The third-order valence-electron chi connectivity index (χ3n) is 4.10. The fraction of sp³-hybridized carbons (Fsp3) is 0.562. The summed E-state index contributed by atoms with van der Waals surface area (Å²) in [6.07, 6.45) is 0.552. The van der Waals surface area contributed by atoms with E-state index in [1.807, 2.05) is 42.2 Å². The molecule has 1 aromatic carbocycles. The number of ether oxygens (including phenoxy) is 1. The molecule has 0 spiro atoms. The summed E-state index contributed by atoms with van der Waals surface area (Å²) in [4.78, 5) is 14.0. The smallest absolute Gasteiger partial charge is 0.223 e. The summed E-state index contributed by atoms with van der Waals surface area (Å²) in [6.45, 7) is 3.19. The van der Waals surface area contributed by atoms with Crippen LogP contribution in [0.3, 0.4) is 0 Å². The van der Waals surface area contributed by atoms with Crippen molar-refractivity contribution >= 4 is 5.91 Å². The van der Waals surface area contributed by atoms with Crippen LogP contribution in [0.2, 0.25) is 0 Å². The zero-order chi connectivity index (χ0) is 14.5. The number of aliphatic hydroxyl groups is 1. The first-order valence-electron chi connectivity index (χ1n) is 7.15. The van der Waals surface area contributed by atoms with Crippen molar-refractivity contribution in [2.24, 2.45) is 5.92 Å². The summed E-state index contributed by atoms with van der Waals surface area (Å²) in [6, 6.07) is 10.1. The minimum absolute atomic E-state index is 0.0174. The van der Waals surface area contributed by atoms with Gasteiger partial charge in [-0.25, -0.2) is 0 Å². The number of hydrogen-bond donors (Lipinski definition) is 1. The van der Waals surface area contributed by atoms with Crippen molar-refractivity contribution in [2.45, 2.75) is 31.9 Å². The van der Waals surface area contributed by atoms with E-state index in [1.165, 1.54) is 0 Å². The van der Waals surface area contributed by atoms with Crippen molar-refractivity contribution < 1.29 is 14.6 Å². The minimum Gasteiger partial charge on any atom is -0.393 e. The van der Waals surface area contributed by atoms with Gasteiger partial charge in [0.25, 0.3) is 0 Å². The van der Waals surface area contributed by atoms with E-state index in [1.54, 1.807) is 7.11 Å². The van der Waals surface area contributed by atoms with Gasteiger partial charge in [-0.15, -0.1) is 0 Å². The van der Waals surface area contributed by atoms with E-state index < -0.39 is 6.10 Å². The molecule has 4 heteroatoms. The van der Waals surface area contributed by atoms with Crippen LogP contribution in [0.5, 0.6) is 0 Å². The molecule has 3 unspecified atom stereocenters. The van der Waals surface area contributed by atoms with Crippen LogP contribution in [-0.2, 0) is 9.53 Å². The molecular weight excluding hydrogens is 254 g/mol. The van der Waals surface area contributed by atoms with Gasteiger partial charge in [-0.1, -0.05) is 30.3 Å². The van der Waals surface area contributed by atoms with Crippen molar-refractivity contribution in [3.63, 3.8) is 0 Å². The van der Waals surface area contributed by atoms with Crippen molar-refractivity contribution in [3.05, 3.63) is 35.9 Å². The first-order chi connectivity index (χ1) is 9.63. The normalized spacial score (nSPS) is 22.1. The predicted molar refractivity (Wildman–Crippen MR) is 77.2 cm³/mol. The van der Waals surface area contributed by atoms with Gasteiger partial charge < -0.3 is 14.7 Å². The molecule has 3 atom stereocenters. The molecule has 1 N–H and O–H groups in total. The van der Waals surface area contributed by atoms with Crippen LogP contribution in [0.1, 0.15) is 31.4 Å². The molecule has 1 aromatic rings. The number of aliphatic hydroxyl groups excluding tert-OH is 1. The Labute approximate surface area is 120 Å². The second-order valence-corrected chi connectivity index (χ2v) is 5.45. The summed E-state index contributed by atoms with van der Waals surface area (Å²) in [5.41, 5.74) is 1.13. The van der Waals surface area contributed by atoms with Gasteiger partial charge in [0.1, 0.15) is 0 Å². The molecule has 1 aliphatic rings. The number of hydrogen-bond acceptors (Lipinski definition) is 3. The Bertz CT molecular complexity index is 435. The Morgan fingerprint density at radius 1 is 1.40 bits per heavy atom. The molecule has 4 nitrogen and oxygen atoms in total. The molecule has 1 amide bonds. The van der Waals surface area contributed by atoms with Gasteiger partial charge >= 0.3 is 0 Å². The average Bonchev–Trinajstić information content (AvgIpc) is 2.87. The van der Waals surface area contributed by atoms with Crippen molar-refractivity contribution in [3.8, 4) is 0 Å². The molecule has 0 aliphatic carbocycles. The molecule has 0 bridgehead atoms. The van der Waals surface area contributed by atoms with E-state index in [-0.39, 0.29) is 17.9 Å². The highest BCUT2D eigenvalue weighted by atomic mass is 16.5. The molecule has 110 valence electrons. The Morgan fingerprint density at radius 2 is 2.10 bits per heavy atom. The van der Waals surface area contributed by atoms with Crippen LogP contribution < -0.4 is 0 Å². The number of benzene rings is 1. The SMILES string of the molecule is COCCC(O)C1CC(=O)N(C(C)c2ccccc2)C1. The van der Waals surface area contributed by atoms with Crippen molar-refractivity contribution in [2.75, 3.05) is 20.3 Å².